The number of hydrogen-bond donors (Lipinski definition) is 5. The Morgan fingerprint density at radius 1 is 1.10 bits per heavy atom. The number of rotatable bonds is 10. The summed E-state index contributed by atoms with van der Waals surface area (Å²) in [6.45, 7) is 2.77. The third-order valence-electron chi connectivity index (χ3n) is 8.70. The highest BCUT2D eigenvalue weighted by atomic mass is 16.3. The van der Waals surface area contributed by atoms with E-state index in [4.69, 9.17) is 5.73 Å². The van der Waals surface area contributed by atoms with Crippen LogP contribution in [0.4, 0.5) is 5.69 Å². The van der Waals surface area contributed by atoms with E-state index in [0.29, 0.717) is 12.1 Å². The molecule has 41 heavy (non-hydrogen) atoms. The molecule has 4 unspecified atom stereocenters. The van der Waals surface area contributed by atoms with Crippen molar-refractivity contribution in [3.63, 3.8) is 0 Å². The Morgan fingerprint density at radius 2 is 1.80 bits per heavy atom. The van der Waals surface area contributed by atoms with Crippen LogP contribution in [0, 0.1) is 23.7 Å². The second-order valence-electron chi connectivity index (χ2n) is 11.6. The summed E-state index contributed by atoms with van der Waals surface area (Å²) in [7, 11) is 3.06. The molecule has 12 heteroatoms. The van der Waals surface area contributed by atoms with Gasteiger partial charge >= 0.3 is 0 Å². The number of phenols is 1. The summed E-state index contributed by atoms with van der Waals surface area (Å²) in [4.78, 5) is 80.0. The zero-order valence-corrected chi connectivity index (χ0v) is 23.6. The van der Waals surface area contributed by atoms with Gasteiger partial charge in [0.2, 0.25) is 11.8 Å². The molecule has 4 rings (SSSR count). The average Bonchev–Trinajstić information content (AvgIpc) is 2.89. The largest absolute Gasteiger partial charge is 0.505 e. The van der Waals surface area contributed by atoms with Crippen LogP contribution in [0.15, 0.2) is 12.1 Å². The highest BCUT2D eigenvalue weighted by molar-refractivity contribution is 6.32. The predicted octanol–water partition coefficient (Wildman–Crippen LogP) is -0.0246. The van der Waals surface area contributed by atoms with Gasteiger partial charge < -0.3 is 26.6 Å². The second-order valence-corrected chi connectivity index (χ2v) is 11.6. The number of aliphatic hydroxyl groups is 1. The minimum atomic E-state index is -2.78. The molecule has 0 spiro atoms. The van der Waals surface area contributed by atoms with Crippen molar-refractivity contribution in [2.75, 3.05) is 32.5 Å². The lowest BCUT2D eigenvalue weighted by Crippen LogP contribution is -2.74. The molecule has 3 aliphatic carbocycles. The molecule has 3 aliphatic rings. The van der Waals surface area contributed by atoms with E-state index in [9.17, 15) is 39.0 Å². The molecule has 6 atom stereocenters. The van der Waals surface area contributed by atoms with E-state index in [1.807, 2.05) is 0 Å². The Balaban J connectivity index is 1.60. The maximum absolute atomic E-state index is 13.8. The minimum absolute atomic E-state index is 0.00308. The van der Waals surface area contributed by atoms with E-state index in [1.54, 1.807) is 6.07 Å². The van der Waals surface area contributed by atoms with Gasteiger partial charge in [-0.3, -0.25) is 33.7 Å². The Labute approximate surface area is 238 Å². The van der Waals surface area contributed by atoms with E-state index in [0.717, 1.165) is 25.7 Å². The van der Waals surface area contributed by atoms with Crippen LogP contribution in [0.3, 0.4) is 0 Å². The van der Waals surface area contributed by atoms with Crippen molar-refractivity contribution in [1.29, 1.82) is 0 Å². The molecule has 0 bridgehead atoms. The molecule has 12 nitrogen and oxygen atoms in total. The lowest BCUT2D eigenvalue weighted by Gasteiger charge is -2.52. The highest BCUT2D eigenvalue weighted by Crippen LogP contribution is 2.51. The number of phenolic OH excluding ortho intramolecular Hbond substituents is 1. The molecule has 1 aromatic carbocycles. The van der Waals surface area contributed by atoms with Gasteiger partial charge in [-0.15, -0.1) is 0 Å². The number of amides is 2. The van der Waals surface area contributed by atoms with Gasteiger partial charge in [0.25, 0.3) is 0 Å². The van der Waals surface area contributed by atoms with Crippen LogP contribution in [-0.2, 0) is 30.4 Å². The lowest BCUT2D eigenvalue weighted by atomic mass is 9.52. The number of carbonyl (C=O) groups is 6. The first kappa shape index (κ1) is 30.5. The number of unbranched alkanes of at least 4 members (excludes halogenated alkanes) is 3. The molecule has 0 aliphatic heterocycles. The SMILES string of the molecule is CCCCCCNCC(=O)Nc1ccc2c(c1O)C(=O)C1C(=O)[C@]3(O)C(=O)C(C(N)=O)C(=O)[C@@H](N(C)C)C3CC1C2. The van der Waals surface area contributed by atoms with Crippen LogP contribution in [-0.4, -0.2) is 88.9 Å². The first-order valence-electron chi connectivity index (χ1n) is 14.1. The zero-order chi connectivity index (χ0) is 30.2. The summed E-state index contributed by atoms with van der Waals surface area (Å²) < 4.78 is 0. The summed E-state index contributed by atoms with van der Waals surface area (Å²) in [5.41, 5.74) is 2.83. The number of nitrogens with zero attached hydrogens (tertiary/aromatic N) is 1. The van der Waals surface area contributed by atoms with Crippen LogP contribution < -0.4 is 16.4 Å². The number of Topliss-reactive ketones (excluding diaryl/α,β-unsaturated/α-hetero) is 4. The van der Waals surface area contributed by atoms with Gasteiger partial charge in [0, 0.05) is 5.92 Å². The van der Waals surface area contributed by atoms with Gasteiger partial charge in [0.15, 0.2) is 34.7 Å². The van der Waals surface area contributed by atoms with Crippen LogP contribution in [0.2, 0.25) is 0 Å². The molecule has 0 heterocycles. The minimum Gasteiger partial charge on any atom is -0.505 e. The van der Waals surface area contributed by atoms with Crippen molar-refractivity contribution >= 4 is 40.6 Å². The fourth-order valence-corrected chi connectivity index (χ4v) is 6.75. The Bertz CT molecular complexity index is 1290. The van der Waals surface area contributed by atoms with E-state index < -0.39 is 76.0 Å². The first-order valence-corrected chi connectivity index (χ1v) is 14.1. The number of primary amides is 1. The molecule has 2 amide bonds. The summed E-state index contributed by atoms with van der Waals surface area (Å²) in [5, 5.41) is 28.2. The number of benzene rings is 1. The number of aromatic hydroxyl groups is 1. The van der Waals surface area contributed by atoms with Crippen LogP contribution >= 0.6 is 0 Å². The van der Waals surface area contributed by atoms with Gasteiger partial charge in [0.1, 0.15) is 5.75 Å². The third kappa shape index (κ3) is 5.20. The summed E-state index contributed by atoms with van der Waals surface area (Å²) >= 11 is 0. The molecule has 6 N–H and O–H groups in total. The number of fused-ring (bicyclic) bond motifs is 3. The summed E-state index contributed by atoms with van der Waals surface area (Å²) in [6, 6.07) is 1.92. The van der Waals surface area contributed by atoms with Gasteiger partial charge in [-0.25, -0.2) is 0 Å². The van der Waals surface area contributed by atoms with Crippen LogP contribution in [0.1, 0.15) is 54.9 Å². The fourth-order valence-electron chi connectivity index (χ4n) is 6.75. The third-order valence-corrected chi connectivity index (χ3v) is 8.70. The molecular weight excluding hydrogens is 532 g/mol. The number of likely N-dealkylation sites (N-methyl/N-ethyl adjacent to an activating group) is 1. The number of nitrogens with two attached hydrogens (primary N) is 1. The predicted molar refractivity (Wildman–Crippen MR) is 147 cm³/mol. The molecule has 0 aromatic heterocycles. The number of anilines is 1. The van der Waals surface area contributed by atoms with Gasteiger partial charge in [-0.1, -0.05) is 32.3 Å². The van der Waals surface area contributed by atoms with E-state index in [1.165, 1.54) is 25.1 Å². The Hall–Kier alpha value is -3.48. The Kier molecular flexibility index (Phi) is 8.76. The van der Waals surface area contributed by atoms with E-state index >= 15 is 0 Å². The first-order chi connectivity index (χ1) is 19.4. The second kappa shape index (κ2) is 11.8. The van der Waals surface area contributed by atoms with Gasteiger partial charge in [-0.2, -0.15) is 0 Å². The Morgan fingerprint density at radius 3 is 2.44 bits per heavy atom. The molecule has 2 saturated carbocycles. The van der Waals surface area contributed by atoms with Crippen LogP contribution in [0.25, 0.3) is 0 Å². The number of nitrogens with one attached hydrogen (secondary N) is 2. The molecule has 222 valence electrons. The van der Waals surface area contributed by atoms with Gasteiger partial charge in [0.05, 0.1) is 29.8 Å². The van der Waals surface area contributed by atoms with E-state index in [-0.39, 0.29) is 30.6 Å². The van der Waals surface area contributed by atoms with Crippen molar-refractivity contribution in [3.8, 4) is 5.75 Å². The number of ketones is 4. The van der Waals surface area contributed by atoms with Crippen molar-refractivity contribution in [3.05, 3.63) is 23.3 Å². The maximum atomic E-state index is 13.8. The quantitative estimate of drug-likeness (QED) is 0.145. The normalized spacial score (nSPS) is 29.1. The summed E-state index contributed by atoms with van der Waals surface area (Å²) in [6.07, 6.45) is 4.33. The van der Waals surface area contributed by atoms with Crippen molar-refractivity contribution < 1.29 is 39.0 Å². The van der Waals surface area contributed by atoms with Crippen molar-refractivity contribution in [2.24, 2.45) is 29.4 Å². The standard InChI is InChI=1S/C29H38N4O8/c1-4-5-6-7-10-31-13-18(34)32-17-9-8-14-11-15-12-16-22(33(2)3)25(37)21(28(30)40)27(39)29(16,41)26(38)20(15)24(36)19(14)23(17)35/h8-9,15-16,20-22,31,35,41H,4-7,10-13H2,1-3H3,(H2,30,40)(H,32,34)/t15?,16?,20?,21?,22-,29-/m0/s1. The van der Waals surface area contributed by atoms with Crippen LogP contribution in [0.5, 0.6) is 5.75 Å². The smallest absolute Gasteiger partial charge is 0.238 e. The molecule has 0 radical (unpaired) electrons. The average molecular weight is 571 g/mol. The van der Waals surface area contributed by atoms with E-state index in [2.05, 4.69) is 17.6 Å². The lowest BCUT2D eigenvalue weighted by molar-refractivity contribution is -0.181. The van der Waals surface area contributed by atoms with Crippen molar-refractivity contribution in [1.82, 2.24) is 10.2 Å². The topological polar surface area (TPSA) is 196 Å². The molecule has 2 fully saturated rings. The molecule has 0 saturated heterocycles. The maximum Gasteiger partial charge on any atom is 0.238 e. The molecular formula is C29H38N4O8. The van der Waals surface area contributed by atoms with Gasteiger partial charge in [-0.05, 0) is 57.5 Å². The highest BCUT2D eigenvalue weighted by Gasteiger charge is 2.69. The monoisotopic (exact) mass is 570 g/mol. The van der Waals surface area contributed by atoms with Crippen molar-refractivity contribution in [2.45, 2.75) is 57.1 Å². The zero-order valence-electron chi connectivity index (χ0n) is 23.6. The molecule has 1 aromatic rings. The summed E-state index contributed by atoms with van der Waals surface area (Å²) in [5.74, 6) is -11.5. The number of hydrogen-bond acceptors (Lipinski definition) is 10. The number of carbonyl (C=O) groups excluding carboxylic acids is 6. The fraction of sp³-hybridized carbons (Fsp3) is 0.586.